The van der Waals surface area contributed by atoms with E-state index < -0.39 is 0 Å². The second-order valence-electron chi connectivity index (χ2n) is 13.4. The molecule has 0 saturated carbocycles. The lowest BCUT2D eigenvalue weighted by Gasteiger charge is -2.27. The van der Waals surface area contributed by atoms with Crippen LogP contribution >= 0.6 is 0 Å². The molecule has 0 fully saturated rings. The molecule has 0 amide bonds. The molecular weight excluding hydrogens is 661 g/mol. The van der Waals surface area contributed by atoms with Gasteiger partial charge in [-0.3, -0.25) is 0 Å². The maximum absolute atomic E-state index is 3.93. The lowest BCUT2D eigenvalue weighted by Crippen LogP contribution is -2.04. The molecule has 0 N–H and O–H groups in total. The maximum atomic E-state index is 3.93. The van der Waals surface area contributed by atoms with Crippen LogP contribution in [-0.4, -0.2) is 0 Å². The fraction of sp³-hybridized carbons (Fsp3) is 0.0909. The van der Waals surface area contributed by atoms with E-state index in [9.17, 15) is 0 Å². The van der Waals surface area contributed by atoms with Gasteiger partial charge >= 0.3 is 0 Å². The van der Waals surface area contributed by atoms with Crippen LogP contribution in [0.15, 0.2) is 195 Å². The molecule has 1 aliphatic rings. The van der Waals surface area contributed by atoms with Crippen LogP contribution in [0.1, 0.15) is 49.9 Å². The minimum absolute atomic E-state index is 0. The number of hydrogen-bond acceptors (Lipinski definition) is 0. The van der Waals surface area contributed by atoms with Gasteiger partial charge in [0.1, 0.15) is 0 Å². The molecule has 0 unspecified atom stereocenters. The summed E-state index contributed by atoms with van der Waals surface area (Å²) in [5, 5.41) is 7.58. The second-order valence-corrected chi connectivity index (χ2v) is 13.4. The Morgan fingerprint density at radius 2 is 1.00 bits per heavy atom. The van der Waals surface area contributed by atoms with Gasteiger partial charge in [0.05, 0.1) is 0 Å². The fourth-order valence-corrected chi connectivity index (χ4v) is 8.39. The third kappa shape index (κ3) is 6.66. The number of rotatable bonds is 7. The van der Waals surface area contributed by atoms with Crippen molar-refractivity contribution in [2.75, 3.05) is 0 Å². The number of fused-ring (bicyclic) bond motifs is 4. The van der Waals surface area contributed by atoms with Gasteiger partial charge in [-0.25, -0.2) is 0 Å². The van der Waals surface area contributed by atoms with Gasteiger partial charge in [0.15, 0.2) is 0 Å². The molecule has 0 heterocycles. The Kier molecular flexibility index (Phi) is 11.2. The summed E-state index contributed by atoms with van der Waals surface area (Å²) in [4.78, 5) is 0. The molecule has 0 saturated heterocycles. The Bertz CT molecular complexity index is 2660. The summed E-state index contributed by atoms with van der Waals surface area (Å²) in [5.41, 5.74) is 14.2. The molecule has 0 nitrogen and oxygen atoms in total. The van der Waals surface area contributed by atoms with Gasteiger partial charge in [-0.2, -0.15) is 0 Å². The topological polar surface area (TPSA) is 0 Å². The summed E-state index contributed by atoms with van der Waals surface area (Å²) in [5.74, 6) is 0. The number of benzene rings is 8. The van der Waals surface area contributed by atoms with Gasteiger partial charge in [-0.05, 0) is 106 Å². The van der Waals surface area contributed by atoms with E-state index >= 15 is 0 Å². The quantitative estimate of drug-likeness (QED) is 0.114. The van der Waals surface area contributed by atoms with Crippen LogP contribution in [0.2, 0.25) is 0 Å². The van der Waals surface area contributed by atoms with Crippen LogP contribution in [0.3, 0.4) is 0 Å². The molecule has 0 bridgehead atoms. The molecular formula is C55H48. The zero-order chi connectivity index (χ0) is 36.9. The Morgan fingerprint density at radius 3 is 1.60 bits per heavy atom. The Hall–Kier alpha value is -6.50. The zero-order valence-electron chi connectivity index (χ0n) is 31.1. The summed E-state index contributed by atoms with van der Waals surface area (Å²) < 4.78 is 0. The van der Waals surface area contributed by atoms with Gasteiger partial charge in [0, 0.05) is 0 Å². The second kappa shape index (κ2) is 16.7. The predicted octanol–water partition coefficient (Wildman–Crippen LogP) is 15.9. The summed E-state index contributed by atoms with van der Waals surface area (Å²) >= 11 is 0. The molecule has 0 aliphatic heterocycles. The highest BCUT2D eigenvalue weighted by atomic mass is 14.3. The Balaban J connectivity index is 0.00000153. The first-order valence-corrected chi connectivity index (χ1v) is 19.2. The van der Waals surface area contributed by atoms with Crippen molar-refractivity contribution in [2.24, 2.45) is 0 Å². The largest absolute Gasteiger partial charge is 0.0991 e. The van der Waals surface area contributed by atoms with Crippen LogP contribution in [0.25, 0.3) is 77.3 Å². The highest BCUT2D eigenvalue weighted by Gasteiger charge is 2.26. The van der Waals surface area contributed by atoms with Gasteiger partial charge in [-0.15, -0.1) is 0 Å². The molecule has 0 heteroatoms. The van der Waals surface area contributed by atoms with Gasteiger partial charge in [-0.1, -0.05) is 222 Å². The normalized spacial score (nSPS) is 12.3. The van der Waals surface area contributed by atoms with Crippen LogP contribution < -0.4 is 0 Å². The van der Waals surface area contributed by atoms with Crippen LogP contribution in [0.5, 0.6) is 0 Å². The van der Waals surface area contributed by atoms with Gasteiger partial charge < -0.3 is 0 Å². The zero-order valence-corrected chi connectivity index (χ0v) is 31.1. The van der Waals surface area contributed by atoms with Gasteiger partial charge in [0.25, 0.3) is 0 Å². The van der Waals surface area contributed by atoms with Crippen LogP contribution in [0.4, 0.5) is 0 Å². The van der Waals surface area contributed by atoms with Crippen LogP contribution in [0, 0.1) is 0 Å². The van der Waals surface area contributed by atoms with E-state index in [0.29, 0.717) is 0 Å². The average Bonchev–Trinajstić information content (AvgIpc) is 3.25. The Morgan fingerprint density at radius 1 is 0.509 bits per heavy atom. The van der Waals surface area contributed by atoms with Crippen molar-refractivity contribution in [3.63, 3.8) is 0 Å². The van der Waals surface area contributed by atoms with Crippen molar-refractivity contribution in [2.45, 2.75) is 34.1 Å². The molecule has 55 heavy (non-hydrogen) atoms. The summed E-state index contributed by atoms with van der Waals surface area (Å²) in [6, 6.07) is 57.7. The molecule has 268 valence electrons. The molecule has 0 aromatic heterocycles. The molecule has 0 atom stereocenters. The average molecular weight is 709 g/mol. The maximum Gasteiger partial charge on any atom is -0.00140 e. The standard InChI is InChI=1S/C52H38.C2H6.CH4/c1-2-3-6-26-39(37-23-9-5-10-24-37)49-41-28-13-17-32-45(41)51(46-33-18-14-29-42(46)49)52-47-34-19-15-30-43(47)50(44-31-16-20-35-48(44)52)40-27-12-11-25-38(40)36-21-7-4-8-22-36;1-2;/h2-15,17-30,32-35H,1,16,31H2;1-2H3;1H4/b6-3-,39-26+;;. The van der Waals surface area contributed by atoms with Crippen molar-refractivity contribution < 1.29 is 0 Å². The van der Waals surface area contributed by atoms with Crippen molar-refractivity contribution >= 4 is 44.0 Å². The number of allylic oxidation sites excluding steroid dienone is 5. The van der Waals surface area contributed by atoms with Crippen molar-refractivity contribution in [3.05, 3.63) is 217 Å². The third-order valence-electron chi connectivity index (χ3n) is 10.5. The smallest absolute Gasteiger partial charge is 0.00140 e. The van der Waals surface area contributed by atoms with E-state index in [1.54, 1.807) is 0 Å². The lowest BCUT2D eigenvalue weighted by molar-refractivity contribution is 0.992. The van der Waals surface area contributed by atoms with E-state index in [2.05, 4.69) is 189 Å². The Labute approximate surface area is 327 Å². The molecule has 8 aromatic rings. The molecule has 1 aliphatic carbocycles. The highest BCUT2D eigenvalue weighted by molar-refractivity contribution is 6.24. The van der Waals surface area contributed by atoms with Crippen molar-refractivity contribution in [1.82, 2.24) is 0 Å². The minimum Gasteiger partial charge on any atom is -0.0991 e. The van der Waals surface area contributed by atoms with E-state index in [-0.39, 0.29) is 7.43 Å². The third-order valence-corrected chi connectivity index (χ3v) is 10.5. The summed E-state index contributed by atoms with van der Waals surface area (Å²) in [6.07, 6.45) is 15.0. The van der Waals surface area contributed by atoms with Crippen molar-refractivity contribution in [3.8, 4) is 33.4 Å². The first-order valence-electron chi connectivity index (χ1n) is 19.2. The molecule has 0 radical (unpaired) electrons. The first-order chi connectivity index (χ1) is 26.8. The predicted molar refractivity (Wildman–Crippen MR) is 244 cm³/mol. The van der Waals surface area contributed by atoms with Gasteiger partial charge in [0.2, 0.25) is 0 Å². The van der Waals surface area contributed by atoms with E-state index in [0.717, 1.165) is 12.8 Å². The fourth-order valence-electron chi connectivity index (χ4n) is 8.39. The minimum atomic E-state index is 0. The SMILES string of the molecule is C.C=C/C=C\C=C(/c1ccccc1)c1c2ccccc2c(-c2c3c(c(-c4ccccc4-c4ccccc4)c4ccccc24)CCC=C3)c2ccccc12.CC. The van der Waals surface area contributed by atoms with Crippen LogP contribution in [-0.2, 0) is 6.42 Å². The highest BCUT2D eigenvalue weighted by Crippen LogP contribution is 2.51. The van der Waals surface area contributed by atoms with Crippen molar-refractivity contribution in [1.29, 1.82) is 0 Å². The number of hydrogen-bond donors (Lipinski definition) is 0. The summed E-state index contributed by atoms with van der Waals surface area (Å²) in [7, 11) is 0. The lowest BCUT2D eigenvalue weighted by atomic mass is 9.76. The molecule has 8 aromatic carbocycles. The first kappa shape index (κ1) is 36.8. The van der Waals surface area contributed by atoms with E-state index in [1.165, 1.54) is 93.5 Å². The monoisotopic (exact) mass is 708 g/mol. The van der Waals surface area contributed by atoms with E-state index in [1.807, 2.05) is 26.0 Å². The summed E-state index contributed by atoms with van der Waals surface area (Å²) in [6.45, 7) is 7.93. The van der Waals surface area contributed by atoms with E-state index in [4.69, 9.17) is 0 Å². The molecule has 0 spiro atoms. The molecule has 9 rings (SSSR count).